The molecule has 0 spiro atoms. The first-order valence-corrected chi connectivity index (χ1v) is 10.6. The Balaban J connectivity index is 1.75. The van der Waals surface area contributed by atoms with Crippen LogP contribution in [0.1, 0.15) is 21.9 Å². The number of benzene rings is 1. The number of para-hydroxylation sites is 1. The van der Waals surface area contributed by atoms with Crippen LogP contribution in [0.15, 0.2) is 48.8 Å². The van der Waals surface area contributed by atoms with Gasteiger partial charge in [0.1, 0.15) is 17.5 Å². The quantitative estimate of drug-likeness (QED) is 0.383. The molecule has 10 heteroatoms. The van der Waals surface area contributed by atoms with Crippen molar-refractivity contribution in [1.29, 1.82) is 0 Å². The van der Waals surface area contributed by atoms with E-state index in [4.69, 9.17) is 4.74 Å². The van der Waals surface area contributed by atoms with Gasteiger partial charge in [-0.3, -0.25) is 9.48 Å². The number of carbonyl (C=O) groups is 1. The summed E-state index contributed by atoms with van der Waals surface area (Å²) in [7, 11) is 5.06. The van der Waals surface area contributed by atoms with Gasteiger partial charge in [-0.05, 0) is 32.0 Å². The van der Waals surface area contributed by atoms with E-state index >= 15 is 0 Å². The van der Waals surface area contributed by atoms with E-state index in [1.165, 1.54) is 6.20 Å². The van der Waals surface area contributed by atoms with Crippen LogP contribution in [0.3, 0.4) is 0 Å². The number of rotatable bonds is 7. The monoisotopic (exact) mass is 458 g/mol. The summed E-state index contributed by atoms with van der Waals surface area (Å²) >= 11 is 0. The summed E-state index contributed by atoms with van der Waals surface area (Å²) in [5.41, 5.74) is 4.24. The van der Waals surface area contributed by atoms with Crippen molar-refractivity contribution in [2.75, 3.05) is 24.8 Å². The Labute approximate surface area is 197 Å². The molecule has 0 bridgehead atoms. The van der Waals surface area contributed by atoms with Crippen molar-refractivity contribution in [2.45, 2.75) is 13.8 Å². The molecule has 3 N–H and O–H groups in total. The normalized spacial score (nSPS) is 10.6. The van der Waals surface area contributed by atoms with Gasteiger partial charge >= 0.3 is 0 Å². The average Bonchev–Trinajstić information content (AvgIpc) is 3.23. The minimum atomic E-state index is -0.267. The molecule has 0 radical (unpaired) electrons. The van der Waals surface area contributed by atoms with Gasteiger partial charge in [0.15, 0.2) is 5.75 Å². The van der Waals surface area contributed by atoms with Gasteiger partial charge in [0.25, 0.3) is 5.91 Å². The van der Waals surface area contributed by atoms with Crippen molar-refractivity contribution >= 4 is 28.9 Å². The summed E-state index contributed by atoms with van der Waals surface area (Å²) in [5.74, 6) is 2.15. The molecular weight excluding hydrogens is 432 g/mol. The maximum absolute atomic E-state index is 12.6. The molecule has 0 aliphatic heterocycles. The highest BCUT2D eigenvalue weighted by Crippen LogP contribution is 2.38. The van der Waals surface area contributed by atoms with Crippen LogP contribution in [0.4, 0.5) is 23.0 Å². The molecule has 0 fully saturated rings. The van der Waals surface area contributed by atoms with E-state index in [0.29, 0.717) is 40.1 Å². The molecule has 0 saturated carbocycles. The summed E-state index contributed by atoms with van der Waals surface area (Å²) in [5, 5.41) is 13.5. The molecule has 4 aromatic rings. The number of aromatic nitrogens is 5. The molecule has 34 heavy (non-hydrogen) atoms. The molecule has 3 heterocycles. The predicted octanol–water partition coefficient (Wildman–Crippen LogP) is 3.74. The zero-order valence-corrected chi connectivity index (χ0v) is 19.7. The highest BCUT2D eigenvalue weighted by molar-refractivity contribution is 6.00. The maximum Gasteiger partial charge on any atom is 0.254 e. The Bertz CT molecular complexity index is 1330. The summed E-state index contributed by atoms with van der Waals surface area (Å²) < 4.78 is 7.53. The third kappa shape index (κ3) is 4.65. The number of nitrogens with zero attached hydrogens (tertiary/aromatic N) is 5. The lowest BCUT2D eigenvalue weighted by atomic mass is 10.1. The molecule has 4 rings (SSSR count). The summed E-state index contributed by atoms with van der Waals surface area (Å²) in [6, 6.07) is 11.3. The lowest BCUT2D eigenvalue weighted by Crippen LogP contribution is -2.19. The zero-order chi connectivity index (χ0) is 24.2. The number of hydrogen-bond acceptors (Lipinski definition) is 8. The predicted molar refractivity (Wildman–Crippen MR) is 131 cm³/mol. The van der Waals surface area contributed by atoms with Gasteiger partial charge in [-0.2, -0.15) is 5.10 Å². The number of aryl methyl sites for hydroxylation is 3. The molecular formula is C24H26N8O2. The smallest absolute Gasteiger partial charge is 0.254 e. The molecule has 0 aliphatic rings. The van der Waals surface area contributed by atoms with E-state index in [1.54, 1.807) is 31.1 Å². The first kappa shape index (κ1) is 22.7. The fraction of sp³-hybridized carbons (Fsp3) is 0.208. The van der Waals surface area contributed by atoms with Crippen molar-refractivity contribution in [3.63, 3.8) is 0 Å². The highest BCUT2D eigenvalue weighted by atomic mass is 16.5. The number of ether oxygens (including phenoxy) is 1. The minimum Gasteiger partial charge on any atom is -0.494 e. The molecule has 0 aliphatic carbocycles. The van der Waals surface area contributed by atoms with Gasteiger partial charge in [0.2, 0.25) is 0 Å². The topological polar surface area (TPSA) is 119 Å². The molecule has 0 unspecified atom stereocenters. The van der Waals surface area contributed by atoms with Crippen molar-refractivity contribution in [3.8, 4) is 17.0 Å². The van der Waals surface area contributed by atoms with Crippen LogP contribution >= 0.6 is 0 Å². The van der Waals surface area contributed by atoms with Crippen molar-refractivity contribution < 1.29 is 9.53 Å². The fourth-order valence-electron chi connectivity index (χ4n) is 3.70. The highest BCUT2D eigenvalue weighted by Gasteiger charge is 2.17. The second kappa shape index (κ2) is 9.57. The van der Waals surface area contributed by atoms with Crippen LogP contribution < -0.4 is 20.7 Å². The number of pyridine rings is 1. The number of amides is 1. The lowest BCUT2D eigenvalue weighted by molar-refractivity contribution is 0.0963. The third-order valence-electron chi connectivity index (χ3n) is 5.18. The van der Waals surface area contributed by atoms with Crippen LogP contribution in [-0.2, 0) is 7.05 Å². The lowest BCUT2D eigenvalue weighted by Gasteiger charge is -2.17. The van der Waals surface area contributed by atoms with Crippen molar-refractivity contribution in [3.05, 3.63) is 65.9 Å². The number of carbonyl (C=O) groups excluding carboxylic acids is 1. The summed E-state index contributed by atoms with van der Waals surface area (Å²) in [6.45, 7) is 3.73. The SMILES string of the molecule is CNC(=O)c1cnc(Nc2cc(C)nc(C)n2)cc1Nc1cccc(-c2ccnn2C)c1OC. The van der Waals surface area contributed by atoms with Crippen LogP contribution in [0.2, 0.25) is 0 Å². The van der Waals surface area contributed by atoms with Gasteiger partial charge in [-0.15, -0.1) is 0 Å². The largest absolute Gasteiger partial charge is 0.494 e. The van der Waals surface area contributed by atoms with Gasteiger partial charge in [-0.1, -0.05) is 6.07 Å². The third-order valence-corrected chi connectivity index (χ3v) is 5.18. The van der Waals surface area contributed by atoms with E-state index in [2.05, 4.69) is 36.0 Å². The Hall–Kier alpha value is -4.47. The van der Waals surface area contributed by atoms with E-state index in [1.807, 2.05) is 51.2 Å². The average molecular weight is 459 g/mol. The minimum absolute atomic E-state index is 0.267. The Morgan fingerprint density at radius 2 is 1.85 bits per heavy atom. The van der Waals surface area contributed by atoms with E-state index < -0.39 is 0 Å². The number of nitrogens with one attached hydrogen (secondary N) is 3. The standard InChI is InChI=1S/C24H26N8O2/c1-14-11-22(29-15(2)28-14)31-21-12-19(17(13-26-21)24(33)25-3)30-18-8-6-7-16(23(18)34-5)20-9-10-27-32(20)4/h6-13H,1-5H3,(H,25,33)(H2,26,28,29,30,31). The van der Waals surface area contributed by atoms with E-state index in [0.717, 1.165) is 17.0 Å². The second-order valence-corrected chi connectivity index (χ2v) is 7.61. The van der Waals surface area contributed by atoms with Gasteiger partial charge < -0.3 is 20.7 Å². The molecule has 10 nitrogen and oxygen atoms in total. The number of methoxy groups -OCH3 is 1. The molecule has 3 aromatic heterocycles. The summed E-state index contributed by atoms with van der Waals surface area (Å²) in [4.78, 5) is 25.7. The van der Waals surface area contributed by atoms with Crippen molar-refractivity contribution in [1.82, 2.24) is 30.0 Å². The number of hydrogen-bond donors (Lipinski definition) is 3. The zero-order valence-electron chi connectivity index (χ0n) is 19.7. The number of anilines is 4. The van der Waals surface area contributed by atoms with Gasteiger partial charge in [-0.25, -0.2) is 15.0 Å². The van der Waals surface area contributed by atoms with E-state index in [-0.39, 0.29) is 5.91 Å². The Morgan fingerprint density at radius 3 is 2.53 bits per heavy atom. The Morgan fingerprint density at radius 1 is 1.03 bits per heavy atom. The van der Waals surface area contributed by atoms with Crippen LogP contribution in [0, 0.1) is 13.8 Å². The van der Waals surface area contributed by atoms with Crippen LogP contribution in [0.25, 0.3) is 11.3 Å². The molecule has 0 saturated heterocycles. The first-order chi connectivity index (χ1) is 16.4. The summed E-state index contributed by atoms with van der Waals surface area (Å²) in [6.07, 6.45) is 3.25. The van der Waals surface area contributed by atoms with E-state index in [9.17, 15) is 4.79 Å². The van der Waals surface area contributed by atoms with Crippen LogP contribution in [-0.4, -0.2) is 44.8 Å². The Kier molecular flexibility index (Phi) is 6.39. The second-order valence-electron chi connectivity index (χ2n) is 7.61. The first-order valence-electron chi connectivity index (χ1n) is 10.6. The molecule has 0 atom stereocenters. The molecule has 1 aromatic carbocycles. The molecule has 174 valence electrons. The van der Waals surface area contributed by atoms with Crippen molar-refractivity contribution in [2.24, 2.45) is 7.05 Å². The van der Waals surface area contributed by atoms with Crippen LogP contribution in [0.5, 0.6) is 5.75 Å². The van der Waals surface area contributed by atoms with Gasteiger partial charge in [0, 0.05) is 49.9 Å². The maximum atomic E-state index is 12.6. The van der Waals surface area contributed by atoms with Gasteiger partial charge in [0.05, 0.1) is 29.7 Å². The fourth-order valence-corrected chi connectivity index (χ4v) is 3.70. The molecule has 1 amide bonds.